The van der Waals surface area contributed by atoms with Gasteiger partial charge in [-0.05, 0) is 57.2 Å². The van der Waals surface area contributed by atoms with Crippen LogP contribution in [0.25, 0.3) is 0 Å². The van der Waals surface area contributed by atoms with Crippen molar-refractivity contribution in [3.63, 3.8) is 0 Å². The summed E-state index contributed by atoms with van der Waals surface area (Å²) in [6, 6.07) is 6.83. The lowest BCUT2D eigenvalue weighted by Crippen LogP contribution is -2.36. The normalized spacial score (nSPS) is 19.3. The molecule has 2 aliphatic heterocycles. The standard InChI is InChI=1S/C22H30FN5O/c1-16(26-21-14-22(25-15-24-21)28-9-3-2-4-10-28)19-13-17(23)5-6-20(19)27-11-7-18(29)8-12-27/h5-6,13-16,18,29H,2-4,7-12H2,1H3,(H,24,25,26). The van der Waals surface area contributed by atoms with Crippen LogP contribution in [0.3, 0.4) is 0 Å². The first-order chi connectivity index (χ1) is 14.1. The molecule has 0 spiro atoms. The van der Waals surface area contributed by atoms with Crippen molar-refractivity contribution in [3.05, 3.63) is 42.0 Å². The van der Waals surface area contributed by atoms with E-state index in [1.54, 1.807) is 12.4 Å². The van der Waals surface area contributed by atoms with E-state index in [2.05, 4.69) is 25.1 Å². The first-order valence-corrected chi connectivity index (χ1v) is 10.7. The van der Waals surface area contributed by atoms with Gasteiger partial charge < -0.3 is 20.2 Å². The molecule has 4 rings (SSSR count). The highest BCUT2D eigenvalue weighted by molar-refractivity contribution is 5.58. The van der Waals surface area contributed by atoms with Crippen LogP contribution in [0.4, 0.5) is 21.7 Å². The predicted octanol–water partition coefficient (Wildman–Crippen LogP) is 3.74. The van der Waals surface area contributed by atoms with Crippen LogP contribution in [-0.2, 0) is 0 Å². The van der Waals surface area contributed by atoms with Gasteiger partial charge in [0.25, 0.3) is 0 Å². The van der Waals surface area contributed by atoms with Gasteiger partial charge in [-0.25, -0.2) is 14.4 Å². The van der Waals surface area contributed by atoms with Gasteiger partial charge in [-0.1, -0.05) is 0 Å². The highest BCUT2D eigenvalue weighted by atomic mass is 19.1. The quantitative estimate of drug-likeness (QED) is 0.799. The number of piperidine rings is 2. The Morgan fingerprint density at radius 1 is 1.03 bits per heavy atom. The summed E-state index contributed by atoms with van der Waals surface area (Å²) in [7, 11) is 0. The molecular weight excluding hydrogens is 369 g/mol. The van der Waals surface area contributed by atoms with Crippen LogP contribution in [-0.4, -0.2) is 47.4 Å². The third-order valence-corrected chi connectivity index (χ3v) is 5.96. The topological polar surface area (TPSA) is 64.5 Å². The van der Waals surface area contributed by atoms with E-state index in [4.69, 9.17) is 0 Å². The molecule has 3 heterocycles. The minimum atomic E-state index is -0.244. The van der Waals surface area contributed by atoms with Crippen LogP contribution in [0.15, 0.2) is 30.6 Å². The Kier molecular flexibility index (Phi) is 6.13. The first kappa shape index (κ1) is 19.9. The van der Waals surface area contributed by atoms with Gasteiger partial charge in [-0.3, -0.25) is 0 Å². The number of hydrogen-bond acceptors (Lipinski definition) is 6. The Morgan fingerprint density at radius 2 is 1.79 bits per heavy atom. The maximum absolute atomic E-state index is 14.1. The van der Waals surface area contributed by atoms with Crippen molar-refractivity contribution in [2.24, 2.45) is 0 Å². The van der Waals surface area contributed by atoms with Crippen molar-refractivity contribution in [2.45, 2.75) is 51.2 Å². The average Bonchev–Trinajstić information content (AvgIpc) is 2.75. The number of aliphatic hydroxyl groups is 1. The molecule has 1 aromatic heterocycles. The van der Waals surface area contributed by atoms with E-state index in [0.717, 1.165) is 61.9 Å². The van der Waals surface area contributed by atoms with Gasteiger partial charge >= 0.3 is 0 Å². The molecule has 0 radical (unpaired) electrons. The third-order valence-electron chi connectivity index (χ3n) is 5.96. The molecule has 1 aromatic carbocycles. The molecule has 0 aliphatic carbocycles. The fourth-order valence-electron chi connectivity index (χ4n) is 4.29. The van der Waals surface area contributed by atoms with E-state index >= 15 is 0 Å². The number of aromatic nitrogens is 2. The number of nitrogens with zero attached hydrogens (tertiary/aromatic N) is 4. The zero-order chi connectivity index (χ0) is 20.2. The highest BCUT2D eigenvalue weighted by Gasteiger charge is 2.22. The van der Waals surface area contributed by atoms with Gasteiger partial charge in [-0.15, -0.1) is 0 Å². The van der Waals surface area contributed by atoms with Crippen LogP contribution in [0, 0.1) is 5.82 Å². The Bertz CT molecular complexity index is 819. The Labute approximate surface area is 171 Å². The largest absolute Gasteiger partial charge is 0.393 e. The molecular formula is C22H30FN5O. The van der Waals surface area contributed by atoms with E-state index < -0.39 is 0 Å². The molecule has 2 N–H and O–H groups in total. The van der Waals surface area contributed by atoms with Crippen LogP contribution < -0.4 is 15.1 Å². The van der Waals surface area contributed by atoms with Crippen LogP contribution in [0.1, 0.15) is 50.6 Å². The Morgan fingerprint density at radius 3 is 2.55 bits per heavy atom. The van der Waals surface area contributed by atoms with Crippen molar-refractivity contribution in [2.75, 3.05) is 41.3 Å². The maximum Gasteiger partial charge on any atom is 0.134 e. The molecule has 2 fully saturated rings. The van der Waals surface area contributed by atoms with Crippen molar-refractivity contribution in [1.82, 2.24) is 9.97 Å². The van der Waals surface area contributed by atoms with Crippen molar-refractivity contribution in [3.8, 4) is 0 Å². The van der Waals surface area contributed by atoms with Crippen molar-refractivity contribution in [1.29, 1.82) is 0 Å². The lowest BCUT2D eigenvalue weighted by atomic mass is 10.0. The average molecular weight is 400 g/mol. The van der Waals surface area contributed by atoms with E-state index in [-0.39, 0.29) is 18.0 Å². The minimum absolute atomic E-state index is 0.114. The number of rotatable bonds is 5. The van der Waals surface area contributed by atoms with Gasteiger partial charge in [0.1, 0.15) is 23.8 Å². The molecule has 29 heavy (non-hydrogen) atoms. The van der Waals surface area contributed by atoms with Gasteiger partial charge in [0.15, 0.2) is 0 Å². The second-order valence-corrected chi connectivity index (χ2v) is 8.10. The summed E-state index contributed by atoms with van der Waals surface area (Å²) >= 11 is 0. The van der Waals surface area contributed by atoms with Gasteiger partial charge in [0.2, 0.25) is 0 Å². The van der Waals surface area contributed by atoms with Crippen molar-refractivity contribution >= 4 is 17.3 Å². The second kappa shape index (κ2) is 8.95. The Balaban J connectivity index is 1.52. The highest BCUT2D eigenvalue weighted by Crippen LogP contribution is 2.31. The summed E-state index contributed by atoms with van der Waals surface area (Å²) in [6.07, 6.45) is 6.51. The molecule has 0 bridgehead atoms. The predicted molar refractivity (Wildman–Crippen MR) is 114 cm³/mol. The summed E-state index contributed by atoms with van der Waals surface area (Å²) < 4.78 is 14.1. The lowest BCUT2D eigenvalue weighted by Gasteiger charge is -2.34. The smallest absolute Gasteiger partial charge is 0.134 e. The first-order valence-electron chi connectivity index (χ1n) is 10.7. The molecule has 2 aromatic rings. The van der Waals surface area contributed by atoms with Crippen LogP contribution >= 0.6 is 0 Å². The summed E-state index contributed by atoms with van der Waals surface area (Å²) in [5, 5.41) is 13.2. The number of nitrogens with one attached hydrogen (secondary N) is 1. The fourth-order valence-corrected chi connectivity index (χ4v) is 4.29. The zero-order valence-electron chi connectivity index (χ0n) is 17.0. The third kappa shape index (κ3) is 4.78. The minimum Gasteiger partial charge on any atom is -0.393 e. The monoisotopic (exact) mass is 399 g/mol. The second-order valence-electron chi connectivity index (χ2n) is 8.10. The molecule has 0 saturated carbocycles. The SMILES string of the molecule is CC(Nc1cc(N2CCCCC2)ncn1)c1cc(F)ccc1N1CCC(O)CC1. The molecule has 2 aliphatic rings. The number of halogens is 1. The van der Waals surface area contributed by atoms with E-state index in [0.29, 0.717) is 0 Å². The van der Waals surface area contributed by atoms with Gasteiger partial charge in [0.05, 0.1) is 12.1 Å². The molecule has 1 atom stereocenters. The molecule has 156 valence electrons. The number of hydrogen-bond donors (Lipinski definition) is 2. The summed E-state index contributed by atoms with van der Waals surface area (Å²) in [5.41, 5.74) is 1.92. The number of benzene rings is 1. The van der Waals surface area contributed by atoms with E-state index in [1.807, 2.05) is 19.1 Å². The lowest BCUT2D eigenvalue weighted by molar-refractivity contribution is 0.145. The number of anilines is 3. The zero-order valence-corrected chi connectivity index (χ0v) is 17.0. The van der Waals surface area contributed by atoms with Crippen molar-refractivity contribution < 1.29 is 9.50 Å². The molecule has 0 amide bonds. The fraction of sp³-hybridized carbons (Fsp3) is 0.545. The van der Waals surface area contributed by atoms with Gasteiger partial charge in [-0.2, -0.15) is 0 Å². The summed E-state index contributed by atoms with van der Waals surface area (Å²) in [5.74, 6) is 1.45. The molecule has 6 nitrogen and oxygen atoms in total. The van der Waals surface area contributed by atoms with Crippen LogP contribution in [0.2, 0.25) is 0 Å². The van der Waals surface area contributed by atoms with Crippen LogP contribution in [0.5, 0.6) is 0 Å². The summed E-state index contributed by atoms with van der Waals surface area (Å²) in [6.45, 7) is 5.64. The van der Waals surface area contributed by atoms with E-state index in [9.17, 15) is 9.50 Å². The van der Waals surface area contributed by atoms with E-state index in [1.165, 1.54) is 25.3 Å². The summed E-state index contributed by atoms with van der Waals surface area (Å²) in [4.78, 5) is 13.4. The van der Waals surface area contributed by atoms with Gasteiger partial charge in [0, 0.05) is 43.5 Å². The molecule has 1 unspecified atom stereocenters. The maximum atomic E-state index is 14.1. The molecule has 7 heteroatoms. The Hall–Kier alpha value is -2.41. The molecule has 2 saturated heterocycles. The number of aliphatic hydroxyl groups excluding tert-OH is 1.